The van der Waals surface area contributed by atoms with Crippen molar-refractivity contribution in [1.29, 1.82) is 0 Å². The van der Waals surface area contributed by atoms with Gasteiger partial charge < -0.3 is 5.32 Å². The molecule has 1 amide bonds. The topological polar surface area (TPSA) is 32.3 Å². The van der Waals surface area contributed by atoms with Crippen molar-refractivity contribution in [3.63, 3.8) is 0 Å². The Morgan fingerprint density at radius 2 is 1.74 bits per heavy atom. The van der Waals surface area contributed by atoms with Crippen molar-refractivity contribution >= 4 is 21.8 Å². The van der Waals surface area contributed by atoms with Gasteiger partial charge in [-0.2, -0.15) is 0 Å². The molecule has 2 atom stereocenters. The van der Waals surface area contributed by atoms with Crippen LogP contribution in [0.2, 0.25) is 0 Å². The molecule has 0 spiro atoms. The van der Waals surface area contributed by atoms with E-state index in [0.29, 0.717) is 12.5 Å². The van der Waals surface area contributed by atoms with Gasteiger partial charge in [-0.15, -0.1) is 0 Å². The van der Waals surface area contributed by atoms with E-state index in [0.717, 1.165) is 37.6 Å². The minimum absolute atomic E-state index is 0.114. The summed E-state index contributed by atoms with van der Waals surface area (Å²) in [5.41, 5.74) is 2.55. The number of likely N-dealkylation sites (tertiary alicyclic amines) is 1. The smallest absolute Gasteiger partial charge is 0.226 e. The van der Waals surface area contributed by atoms with E-state index in [9.17, 15) is 4.79 Å². The third kappa shape index (κ3) is 3.48. The number of hydrogen-bond donors (Lipinski definition) is 1. The number of nitrogens with zero attached hydrogens (tertiary/aromatic N) is 1. The Bertz CT molecular complexity index is 713. The van der Waals surface area contributed by atoms with Crippen LogP contribution in [0.3, 0.4) is 0 Å². The molecular formula is C23H31BrN2O. The van der Waals surface area contributed by atoms with Gasteiger partial charge in [0.15, 0.2) is 0 Å². The fourth-order valence-electron chi connectivity index (χ4n) is 6.85. The Hall–Kier alpha value is -0.870. The summed E-state index contributed by atoms with van der Waals surface area (Å²) in [4.78, 5) is 15.9. The molecule has 3 nitrogen and oxygen atoms in total. The maximum absolute atomic E-state index is 13.3. The molecule has 4 bridgehead atoms. The Kier molecular flexibility index (Phi) is 4.63. The van der Waals surface area contributed by atoms with Gasteiger partial charge >= 0.3 is 0 Å². The summed E-state index contributed by atoms with van der Waals surface area (Å²) in [6.45, 7) is 4.11. The van der Waals surface area contributed by atoms with Crippen LogP contribution in [0, 0.1) is 17.3 Å². The summed E-state index contributed by atoms with van der Waals surface area (Å²) in [5.74, 6) is 1.81. The number of nitrogens with one attached hydrogen (secondary N) is 1. The lowest BCUT2D eigenvalue weighted by atomic mass is 9.49. The van der Waals surface area contributed by atoms with Crippen molar-refractivity contribution in [3.05, 3.63) is 35.4 Å². The molecule has 4 aliphatic carbocycles. The summed E-state index contributed by atoms with van der Waals surface area (Å²) >= 11 is 4.03. The molecule has 5 fully saturated rings. The summed E-state index contributed by atoms with van der Waals surface area (Å²) in [5, 5.41) is 3.36. The molecule has 0 aromatic heterocycles. The minimum Gasteiger partial charge on any atom is -0.352 e. The molecule has 2 unspecified atom stereocenters. The van der Waals surface area contributed by atoms with Gasteiger partial charge in [0.2, 0.25) is 5.91 Å². The summed E-state index contributed by atoms with van der Waals surface area (Å²) < 4.78 is 0.238. The van der Waals surface area contributed by atoms with Crippen molar-refractivity contribution in [2.45, 2.75) is 68.8 Å². The molecule has 1 heterocycles. The lowest BCUT2D eigenvalue weighted by Crippen LogP contribution is -2.58. The fraction of sp³-hybridized carbons (Fsp3) is 0.696. The van der Waals surface area contributed by atoms with E-state index in [1.54, 1.807) is 0 Å². The van der Waals surface area contributed by atoms with Crippen LogP contribution in [-0.4, -0.2) is 28.2 Å². The predicted octanol–water partition coefficient (Wildman–Crippen LogP) is 4.63. The van der Waals surface area contributed by atoms with E-state index < -0.39 is 0 Å². The molecule has 1 N–H and O–H groups in total. The molecule has 5 aliphatic rings. The van der Waals surface area contributed by atoms with Crippen molar-refractivity contribution in [3.8, 4) is 0 Å². The third-order valence-electron chi connectivity index (χ3n) is 7.62. The van der Waals surface area contributed by atoms with Gasteiger partial charge in [0, 0.05) is 17.4 Å². The second kappa shape index (κ2) is 6.88. The first-order chi connectivity index (χ1) is 13.0. The molecule has 1 aliphatic heterocycles. The van der Waals surface area contributed by atoms with Crippen LogP contribution in [0.15, 0.2) is 24.3 Å². The Balaban J connectivity index is 1.27. The zero-order valence-electron chi connectivity index (χ0n) is 16.2. The average molecular weight is 431 g/mol. The maximum Gasteiger partial charge on any atom is 0.226 e. The molecule has 146 valence electrons. The molecule has 1 aromatic carbocycles. The first kappa shape index (κ1) is 18.2. The number of hydrogen-bond acceptors (Lipinski definition) is 2. The molecule has 0 radical (unpaired) electrons. The number of carbonyl (C=O) groups is 1. The van der Waals surface area contributed by atoms with Gasteiger partial charge in [0.1, 0.15) is 0 Å². The number of halogens is 1. The quantitative estimate of drug-likeness (QED) is 0.690. The lowest BCUT2D eigenvalue weighted by Gasteiger charge is -2.59. The largest absolute Gasteiger partial charge is 0.352 e. The molecule has 27 heavy (non-hydrogen) atoms. The number of amides is 1. The van der Waals surface area contributed by atoms with Crippen molar-refractivity contribution in [2.24, 2.45) is 17.3 Å². The van der Waals surface area contributed by atoms with Crippen LogP contribution in [0.5, 0.6) is 0 Å². The summed E-state index contributed by atoms with van der Waals surface area (Å²) in [7, 11) is 0. The van der Waals surface area contributed by atoms with Crippen LogP contribution < -0.4 is 5.32 Å². The Morgan fingerprint density at radius 1 is 1.07 bits per heavy atom. The van der Waals surface area contributed by atoms with E-state index >= 15 is 0 Å². The van der Waals surface area contributed by atoms with Crippen molar-refractivity contribution < 1.29 is 4.79 Å². The van der Waals surface area contributed by atoms with E-state index in [2.05, 4.69) is 50.4 Å². The SMILES string of the molecule is O=C(NCc1ccccc1CN1CCCC1)C12CC3CC(CC(Br)(C3)C1)C2. The molecule has 4 heteroatoms. The summed E-state index contributed by atoms with van der Waals surface area (Å²) in [6, 6.07) is 8.66. The second-order valence-corrected chi connectivity index (χ2v) is 11.5. The number of alkyl halides is 1. The molecule has 6 rings (SSSR count). The highest BCUT2D eigenvalue weighted by Crippen LogP contribution is 2.64. The predicted molar refractivity (Wildman–Crippen MR) is 112 cm³/mol. The lowest BCUT2D eigenvalue weighted by molar-refractivity contribution is -0.144. The number of benzene rings is 1. The highest BCUT2D eigenvalue weighted by molar-refractivity contribution is 9.10. The van der Waals surface area contributed by atoms with Crippen LogP contribution in [0.1, 0.15) is 62.5 Å². The first-order valence-corrected chi connectivity index (χ1v) is 11.6. The van der Waals surface area contributed by atoms with E-state index in [4.69, 9.17) is 0 Å². The third-order valence-corrected chi connectivity index (χ3v) is 8.55. The summed E-state index contributed by atoms with van der Waals surface area (Å²) in [6.07, 6.45) is 9.79. The van der Waals surface area contributed by atoms with Gasteiger partial charge in [-0.3, -0.25) is 9.69 Å². The normalized spacial score (nSPS) is 37.7. The van der Waals surface area contributed by atoms with E-state index in [1.807, 2.05) is 0 Å². The van der Waals surface area contributed by atoms with Gasteiger partial charge in [-0.05, 0) is 87.4 Å². The fourth-order valence-corrected chi connectivity index (χ4v) is 8.30. The standard InChI is InChI=1S/C23H31BrN2O/c24-23-12-17-9-18(13-23)11-22(10-17,16-23)21(27)25-14-19-5-1-2-6-20(19)15-26-7-3-4-8-26/h1-2,5-6,17-18H,3-4,7-16H2,(H,25,27). The minimum atomic E-state index is -0.114. The first-order valence-electron chi connectivity index (χ1n) is 10.8. The molecule has 1 saturated heterocycles. The monoisotopic (exact) mass is 430 g/mol. The van der Waals surface area contributed by atoms with E-state index in [-0.39, 0.29) is 9.74 Å². The second-order valence-electron chi connectivity index (χ2n) is 9.83. The maximum atomic E-state index is 13.3. The molecule has 4 saturated carbocycles. The van der Waals surface area contributed by atoms with Gasteiger partial charge in [-0.25, -0.2) is 0 Å². The highest BCUT2D eigenvalue weighted by atomic mass is 79.9. The molecular weight excluding hydrogens is 400 g/mol. The van der Waals surface area contributed by atoms with Gasteiger partial charge in [0.05, 0.1) is 5.41 Å². The molecule has 1 aromatic rings. The highest BCUT2D eigenvalue weighted by Gasteiger charge is 2.59. The Labute approximate surface area is 171 Å². The zero-order chi connectivity index (χ0) is 18.5. The number of carbonyl (C=O) groups excluding carboxylic acids is 1. The zero-order valence-corrected chi connectivity index (χ0v) is 17.8. The van der Waals surface area contributed by atoms with Crippen molar-refractivity contribution in [1.82, 2.24) is 10.2 Å². The van der Waals surface area contributed by atoms with Crippen LogP contribution in [-0.2, 0) is 17.9 Å². The van der Waals surface area contributed by atoms with E-state index in [1.165, 1.54) is 56.3 Å². The van der Waals surface area contributed by atoms with Crippen molar-refractivity contribution in [2.75, 3.05) is 13.1 Å². The van der Waals surface area contributed by atoms with Crippen LogP contribution in [0.25, 0.3) is 0 Å². The van der Waals surface area contributed by atoms with Gasteiger partial charge in [-0.1, -0.05) is 40.2 Å². The van der Waals surface area contributed by atoms with Crippen LogP contribution >= 0.6 is 15.9 Å². The number of rotatable bonds is 5. The van der Waals surface area contributed by atoms with Gasteiger partial charge in [0.25, 0.3) is 0 Å². The Morgan fingerprint density at radius 3 is 2.41 bits per heavy atom. The van der Waals surface area contributed by atoms with Crippen LogP contribution in [0.4, 0.5) is 0 Å². The average Bonchev–Trinajstić information content (AvgIpc) is 3.11.